The van der Waals surface area contributed by atoms with E-state index in [-0.39, 0.29) is 12.5 Å². The van der Waals surface area contributed by atoms with Crippen LogP contribution < -0.4 is 5.32 Å². The average Bonchev–Trinajstić information content (AvgIpc) is 3.20. The van der Waals surface area contributed by atoms with Gasteiger partial charge < -0.3 is 15.2 Å². The summed E-state index contributed by atoms with van der Waals surface area (Å²) < 4.78 is 7.08. The molecule has 3 rings (SSSR count). The first-order valence-corrected chi connectivity index (χ1v) is 21.6. The van der Waals surface area contributed by atoms with E-state index in [9.17, 15) is 9.90 Å². The minimum absolute atomic E-state index is 0.0240. The fraction of sp³-hybridized carbons (Fsp3) is 0.571. The Labute approximate surface area is 324 Å². The van der Waals surface area contributed by atoms with Crippen molar-refractivity contribution in [2.24, 2.45) is 0 Å². The first-order valence-electron chi connectivity index (χ1n) is 21.6. The Kier molecular flexibility index (Phi) is 23.6. The van der Waals surface area contributed by atoms with Gasteiger partial charge in [-0.2, -0.15) is 0 Å². The predicted octanol–water partition coefficient (Wildman–Crippen LogP) is 13.0. The van der Waals surface area contributed by atoms with Crippen molar-refractivity contribution in [3.63, 3.8) is 0 Å². The molecule has 2 atom stereocenters. The molecule has 0 aliphatic carbocycles. The quantitative estimate of drug-likeness (QED) is 0.0395. The van der Waals surface area contributed by atoms with Gasteiger partial charge in [0.05, 0.1) is 18.8 Å². The van der Waals surface area contributed by atoms with Gasteiger partial charge in [-0.15, -0.1) is 0 Å². The maximum atomic E-state index is 13.4. The molecule has 0 spiro atoms. The van der Waals surface area contributed by atoms with E-state index in [1.54, 1.807) is 0 Å². The number of allylic oxidation sites excluding steroid dienone is 1. The molecule has 4 nitrogen and oxygen atoms in total. The molecule has 2 N–H and O–H groups in total. The molecule has 3 aromatic rings. The van der Waals surface area contributed by atoms with Crippen LogP contribution in [0.4, 0.5) is 0 Å². The Morgan fingerprint density at radius 3 is 1.38 bits per heavy atom. The van der Waals surface area contributed by atoms with E-state index < -0.39 is 17.7 Å². The smallest absolute Gasteiger partial charge is 0.220 e. The summed E-state index contributed by atoms with van der Waals surface area (Å²) in [7, 11) is 0. The first kappa shape index (κ1) is 44.2. The number of hydrogen-bond donors (Lipinski definition) is 2. The second kappa shape index (κ2) is 28.3. The number of ether oxygens (including phenoxy) is 1. The highest BCUT2D eigenvalue weighted by Crippen LogP contribution is 2.40. The zero-order valence-corrected chi connectivity index (χ0v) is 33.5. The zero-order chi connectivity index (χ0) is 37.7. The lowest BCUT2D eigenvalue weighted by Crippen LogP contribution is -2.48. The van der Waals surface area contributed by atoms with Crippen molar-refractivity contribution in [3.05, 3.63) is 120 Å². The molecule has 0 heterocycles. The standard InChI is InChI=1S/C49H73NO3/c1-3-5-7-9-11-13-14-15-16-18-19-21-32-40-47(51)46(50-48(52)41-33-22-20-17-12-10-8-6-4-2)42-53-49(43-34-26-23-27-35-43,44-36-28-24-29-37-44)45-38-30-25-31-39-45/h23-32,34-40,46-47,51H,3-22,33,41-42H2,1-2H3,(H,50,52)/b40-32+/t46-,47+/m0/s1. The number of unbranched alkanes of at least 4 members (excludes halogenated alkanes) is 19. The first-order chi connectivity index (χ1) is 26.1. The lowest BCUT2D eigenvalue weighted by atomic mass is 9.80. The lowest BCUT2D eigenvalue weighted by molar-refractivity contribution is -0.123. The van der Waals surface area contributed by atoms with Crippen LogP contribution in [0.5, 0.6) is 0 Å². The highest BCUT2D eigenvalue weighted by molar-refractivity contribution is 5.76. The molecule has 0 aliphatic rings. The SMILES string of the molecule is CCCCCCCCCCCCC/C=C/[C@@H](O)[C@H](COC(c1ccccc1)(c1ccccc1)c1ccccc1)NC(=O)CCCCCCCCCCC. The maximum absolute atomic E-state index is 13.4. The maximum Gasteiger partial charge on any atom is 0.220 e. The normalized spacial score (nSPS) is 13.0. The summed E-state index contributed by atoms with van der Waals surface area (Å²) in [6.07, 6.45) is 29.8. The minimum atomic E-state index is -0.928. The van der Waals surface area contributed by atoms with Crippen molar-refractivity contribution < 1.29 is 14.6 Å². The Morgan fingerprint density at radius 2 is 0.962 bits per heavy atom. The van der Waals surface area contributed by atoms with E-state index in [2.05, 4.69) is 61.6 Å². The van der Waals surface area contributed by atoms with Crippen LogP contribution in [0.1, 0.15) is 172 Å². The molecule has 3 aromatic carbocycles. The molecule has 0 saturated carbocycles. The number of benzene rings is 3. The largest absolute Gasteiger partial charge is 0.387 e. The topological polar surface area (TPSA) is 58.6 Å². The van der Waals surface area contributed by atoms with Crippen LogP contribution in [0.2, 0.25) is 0 Å². The number of carbonyl (C=O) groups excluding carboxylic acids is 1. The molecular formula is C49H73NO3. The molecule has 4 heteroatoms. The van der Waals surface area contributed by atoms with Gasteiger partial charge in [-0.05, 0) is 36.0 Å². The highest BCUT2D eigenvalue weighted by atomic mass is 16.5. The van der Waals surface area contributed by atoms with E-state index >= 15 is 0 Å². The summed E-state index contributed by atoms with van der Waals surface area (Å²) in [5.41, 5.74) is 2.07. The number of rotatable bonds is 31. The van der Waals surface area contributed by atoms with Gasteiger partial charge in [0.15, 0.2) is 0 Å². The Balaban J connectivity index is 1.65. The summed E-state index contributed by atoms with van der Waals surface area (Å²) in [6, 6.07) is 30.3. The van der Waals surface area contributed by atoms with Gasteiger partial charge in [-0.1, -0.05) is 233 Å². The average molecular weight is 724 g/mol. The van der Waals surface area contributed by atoms with Gasteiger partial charge in [-0.25, -0.2) is 0 Å². The summed E-state index contributed by atoms with van der Waals surface area (Å²) >= 11 is 0. The van der Waals surface area contributed by atoms with Gasteiger partial charge >= 0.3 is 0 Å². The molecule has 0 saturated heterocycles. The third kappa shape index (κ3) is 17.2. The fourth-order valence-corrected chi connectivity index (χ4v) is 7.38. The molecule has 292 valence electrons. The molecule has 53 heavy (non-hydrogen) atoms. The van der Waals surface area contributed by atoms with Crippen LogP contribution in [0.3, 0.4) is 0 Å². The van der Waals surface area contributed by atoms with Crippen LogP contribution in [-0.4, -0.2) is 29.8 Å². The molecule has 0 radical (unpaired) electrons. The Morgan fingerprint density at radius 1 is 0.585 bits per heavy atom. The van der Waals surface area contributed by atoms with Crippen molar-refractivity contribution in [2.45, 2.75) is 173 Å². The number of amides is 1. The molecule has 0 aliphatic heterocycles. The summed E-state index contributed by atoms with van der Waals surface area (Å²) in [5.74, 6) is -0.0240. The van der Waals surface area contributed by atoms with Crippen molar-refractivity contribution in [2.75, 3.05) is 6.61 Å². The monoisotopic (exact) mass is 724 g/mol. The van der Waals surface area contributed by atoms with E-state index in [1.165, 1.54) is 109 Å². The van der Waals surface area contributed by atoms with E-state index in [1.807, 2.05) is 60.7 Å². The van der Waals surface area contributed by atoms with Crippen LogP contribution in [-0.2, 0) is 15.1 Å². The van der Waals surface area contributed by atoms with E-state index in [4.69, 9.17) is 4.74 Å². The summed E-state index contributed by atoms with van der Waals surface area (Å²) in [5, 5.41) is 14.8. The Bertz CT molecular complexity index is 1230. The molecular weight excluding hydrogens is 651 g/mol. The molecule has 0 bridgehead atoms. The second-order valence-electron chi connectivity index (χ2n) is 15.1. The van der Waals surface area contributed by atoms with Crippen LogP contribution in [0, 0.1) is 0 Å². The second-order valence-corrected chi connectivity index (χ2v) is 15.1. The third-order valence-corrected chi connectivity index (χ3v) is 10.6. The van der Waals surface area contributed by atoms with Crippen molar-refractivity contribution >= 4 is 5.91 Å². The number of carbonyl (C=O) groups is 1. The minimum Gasteiger partial charge on any atom is -0.387 e. The van der Waals surface area contributed by atoms with Crippen molar-refractivity contribution in [1.82, 2.24) is 5.32 Å². The van der Waals surface area contributed by atoms with Crippen LogP contribution >= 0.6 is 0 Å². The van der Waals surface area contributed by atoms with E-state index in [0.29, 0.717) is 6.42 Å². The van der Waals surface area contributed by atoms with Crippen molar-refractivity contribution in [3.8, 4) is 0 Å². The van der Waals surface area contributed by atoms with Crippen LogP contribution in [0.15, 0.2) is 103 Å². The molecule has 0 fully saturated rings. The summed E-state index contributed by atoms with van der Waals surface area (Å²) in [4.78, 5) is 13.4. The van der Waals surface area contributed by atoms with Gasteiger partial charge in [0.2, 0.25) is 5.91 Å². The molecule has 0 aromatic heterocycles. The number of hydrogen-bond acceptors (Lipinski definition) is 3. The molecule has 0 unspecified atom stereocenters. The number of aliphatic hydroxyl groups excluding tert-OH is 1. The zero-order valence-electron chi connectivity index (χ0n) is 33.5. The molecule has 1 amide bonds. The Hall–Kier alpha value is -3.21. The van der Waals surface area contributed by atoms with Gasteiger partial charge in [0, 0.05) is 6.42 Å². The third-order valence-electron chi connectivity index (χ3n) is 10.6. The van der Waals surface area contributed by atoms with Crippen LogP contribution in [0.25, 0.3) is 0 Å². The van der Waals surface area contributed by atoms with Gasteiger partial charge in [0.25, 0.3) is 0 Å². The van der Waals surface area contributed by atoms with Crippen molar-refractivity contribution in [1.29, 1.82) is 0 Å². The van der Waals surface area contributed by atoms with Gasteiger partial charge in [-0.3, -0.25) is 4.79 Å². The summed E-state index contributed by atoms with van der Waals surface area (Å²) in [6.45, 7) is 4.67. The lowest BCUT2D eigenvalue weighted by Gasteiger charge is -2.37. The number of aliphatic hydroxyl groups is 1. The van der Waals surface area contributed by atoms with Gasteiger partial charge in [0.1, 0.15) is 5.60 Å². The number of nitrogens with one attached hydrogen (secondary N) is 1. The highest BCUT2D eigenvalue weighted by Gasteiger charge is 2.38. The van der Waals surface area contributed by atoms with E-state index in [0.717, 1.165) is 42.4 Å². The predicted molar refractivity (Wildman–Crippen MR) is 225 cm³/mol. The fourth-order valence-electron chi connectivity index (χ4n) is 7.38.